The van der Waals surface area contributed by atoms with Crippen LogP contribution < -0.4 is 0 Å². The van der Waals surface area contributed by atoms with Gasteiger partial charge in [0.25, 0.3) is 30.4 Å². The summed E-state index contributed by atoms with van der Waals surface area (Å²) in [5.74, 6) is 1.06. The molecule has 1 heterocycles. The maximum Gasteiger partial charge on any atom is 0.297 e. The molecular weight excluding hydrogens is 448 g/mol. The van der Waals surface area contributed by atoms with Gasteiger partial charge in [-0.15, -0.1) is 0 Å². The quantitative estimate of drug-likeness (QED) is 0.478. The summed E-state index contributed by atoms with van der Waals surface area (Å²) in [6.07, 6.45) is 3.71. The first-order valence-electron chi connectivity index (χ1n) is 7.56. The maximum atomic E-state index is 11.5. The molecule has 0 saturated carbocycles. The molecule has 0 amide bonds. The maximum absolute atomic E-state index is 11.5. The molecule has 0 spiro atoms. The van der Waals surface area contributed by atoms with Crippen molar-refractivity contribution in [1.29, 1.82) is 0 Å². The summed E-state index contributed by atoms with van der Waals surface area (Å²) in [5, 5.41) is -0.430. The molecule has 1 aromatic heterocycles. The second-order valence-corrected chi connectivity index (χ2v) is 9.87. The first kappa shape index (κ1) is 22.9. The number of fused-ring (bicyclic) bond motifs is 1. The van der Waals surface area contributed by atoms with Crippen LogP contribution in [0.4, 0.5) is 0 Å². The predicted molar refractivity (Wildman–Crippen MR) is 101 cm³/mol. The van der Waals surface area contributed by atoms with E-state index >= 15 is 0 Å². The van der Waals surface area contributed by atoms with E-state index in [1.807, 2.05) is 24.7 Å². The van der Waals surface area contributed by atoms with Gasteiger partial charge in [0.05, 0.1) is 0 Å². The minimum absolute atomic E-state index is 0.0878. The zero-order chi connectivity index (χ0) is 22.2. The van der Waals surface area contributed by atoms with Crippen molar-refractivity contribution in [2.24, 2.45) is 7.05 Å². The number of benzene rings is 2. The van der Waals surface area contributed by atoms with Crippen LogP contribution in [0.2, 0.25) is 0 Å². The number of nitrogens with zero attached hydrogens (tertiary/aromatic N) is 2. The molecule has 3 rings (SSSR count). The number of imidazole rings is 1. The summed E-state index contributed by atoms with van der Waals surface area (Å²) in [5.41, 5.74) is 0. The van der Waals surface area contributed by atoms with E-state index in [4.69, 9.17) is 9.11 Å². The van der Waals surface area contributed by atoms with Crippen molar-refractivity contribution in [1.82, 2.24) is 9.55 Å². The lowest BCUT2D eigenvalue weighted by Crippen LogP contribution is -2.15. The van der Waals surface area contributed by atoms with Gasteiger partial charge in [-0.3, -0.25) is 13.7 Å². The highest BCUT2D eigenvalue weighted by Gasteiger charge is 2.34. The fraction of sp³-hybridized carbons (Fsp3) is 0.133. The Morgan fingerprint density at radius 1 is 0.862 bits per heavy atom. The minimum atomic E-state index is -5.40. The summed E-state index contributed by atoms with van der Waals surface area (Å²) >= 11 is 0. The number of rotatable bonds is 3. The van der Waals surface area contributed by atoms with E-state index in [-0.39, 0.29) is 10.8 Å². The molecule has 14 heteroatoms. The van der Waals surface area contributed by atoms with E-state index in [0.717, 1.165) is 11.9 Å². The van der Waals surface area contributed by atoms with E-state index in [1.165, 1.54) is 18.2 Å². The molecule has 11 nitrogen and oxygen atoms in total. The average molecular weight is 464 g/mol. The van der Waals surface area contributed by atoms with Crippen molar-refractivity contribution in [3.05, 3.63) is 48.5 Å². The number of hydrogen-bond donors (Lipinski definition) is 3. The second-order valence-electron chi connectivity index (χ2n) is 5.76. The largest absolute Gasteiger partial charge is 0.338 e. The lowest BCUT2D eigenvalue weighted by atomic mass is 10.1. The Hall–Kier alpha value is -2.36. The van der Waals surface area contributed by atoms with E-state index in [0.29, 0.717) is 6.07 Å². The summed E-state index contributed by atoms with van der Waals surface area (Å²) in [6.45, 7) is 1.97. The van der Waals surface area contributed by atoms with Gasteiger partial charge in [0.2, 0.25) is 0 Å². The van der Waals surface area contributed by atoms with Gasteiger partial charge in [0.15, 0.2) is 0 Å². The van der Waals surface area contributed by atoms with E-state index < -0.39 is 45.0 Å². The van der Waals surface area contributed by atoms with Crippen LogP contribution in [-0.4, -0.2) is 48.5 Å². The van der Waals surface area contributed by atoms with Crippen molar-refractivity contribution >= 4 is 41.1 Å². The smallest absolute Gasteiger partial charge is 0.297 e. The Labute approximate surface area is 166 Å². The predicted octanol–water partition coefficient (Wildman–Crippen LogP) is 1.31. The molecular formula is C15H16N2O9S3. The Balaban J connectivity index is 0.000000360. The molecule has 2 aromatic carbocycles. The molecule has 29 heavy (non-hydrogen) atoms. The molecule has 0 aliphatic heterocycles. The highest BCUT2D eigenvalue weighted by molar-refractivity contribution is 7.90. The minimum Gasteiger partial charge on any atom is -0.338 e. The van der Waals surface area contributed by atoms with Crippen LogP contribution in [0.3, 0.4) is 0 Å². The molecule has 3 aromatic rings. The highest BCUT2D eigenvalue weighted by atomic mass is 32.2. The van der Waals surface area contributed by atoms with Crippen LogP contribution in [0.25, 0.3) is 10.8 Å². The van der Waals surface area contributed by atoms with Gasteiger partial charge in [-0.05, 0) is 18.4 Å². The molecule has 0 fully saturated rings. The Morgan fingerprint density at radius 2 is 1.41 bits per heavy atom. The monoisotopic (exact) mass is 464 g/mol. The zero-order valence-electron chi connectivity index (χ0n) is 15.0. The van der Waals surface area contributed by atoms with Crippen molar-refractivity contribution < 1.29 is 38.9 Å². The van der Waals surface area contributed by atoms with Crippen LogP contribution in [-0.2, 0) is 37.4 Å². The fourth-order valence-corrected chi connectivity index (χ4v) is 5.81. The molecule has 0 unspecified atom stereocenters. The third-order valence-electron chi connectivity index (χ3n) is 3.78. The van der Waals surface area contributed by atoms with Gasteiger partial charge in [0.1, 0.15) is 20.5 Å². The van der Waals surface area contributed by atoms with Gasteiger partial charge in [0, 0.05) is 24.8 Å². The average Bonchev–Trinajstić information content (AvgIpc) is 2.94. The summed E-state index contributed by atoms with van der Waals surface area (Å²) in [4.78, 5) is -0.328. The second kappa shape index (κ2) is 7.81. The molecule has 0 bridgehead atoms. The molecule has 0 aliphatic carbocycles. The number of hydrogen-bond acceptors (Lipinski definition) is 7. The summed E-state index contributed by atoms with van der Waals surface area (Å²) < 4.78 is 98.0. The van der Waals surface area contributed by atoms with Gasteiger partial charge in [-0.25, -0.2) is 4.98 Å². The molecule has 3 N–H and O–H groups in total. The van der Waals surface area contributed by atoms with Gasteiger partial charge >= 0.3 is 0 Å². The third kappa shape index (κ3) is 5.17. The van der Waals surface area contributed by atoms with Crippen LogP contribution in [0.1, 0.15) is 5.82 Å². The van der Waals surface area contributed by atoms with Gasteiger partial charge in [-0.2, -0.15) is 25.3 Å². The van der Waals surface area contributed by atoms with Crippen LogP contribution in [0.15, 0.2) is 57.4 Å². The van der Waals surface area contributed by atoms with Gasteiger partial charge < -0.3 is 4.57 Å². The Morgan fingerprint density at radius 3 is 1.79 bits per heavy atom. The van der Waals surface area contributed by atoms with Crippen LogP contribution in [0, 0.1) is 6.92 Å². The Bertz CT molecular complexity index is 1370. The summed E-state index contributed by atoms with van der Waals surface area (Å²) in [6, 6.07) is 5.69. The molecule has 0 atom stereocenters. The zero-order valence-corrected chi connectivity index (χ0v) is 17.4. The highest BCUT2D eigenvalue weighted by Crippen LogP contribution is 2.35. The number of aryl methyl sites for hydroxylation is 2. The van der Waals surface area contributed by atoms with Crippen molar-refractivity contribution in [2.75, 3.05) is 0 Å². The summed E-state index contributed by atoms with van der Waals surface area (Å²) in [7, 11) is -13.9. The van der Waals surface area contributed by atoms with E-state index in [1.54, 1.807) is 6.20 Å². The topological polar surface area (TPSA) is 181 Å². The molecule has 0 radical (unpaired) electrons. The Kier molecular flexibility index (Phi) is 6.18. The third-order valence-corrected chi connectivity index (χ3v) is 6.79. The van der Waals surface area contributed by atoms with Crippen molar-refractivity contribution in [2.45, 2.75) is 21.6 Å². The SMILES string of the molecule is Cc1nccn1C.O=S(=O)(O)c1cc2ccccc2c(S(=O)(=O)O)c1S(=O)(=O)O. The lowest BCUT2D eigenvalue weighted by Gasteiger charge is -2.12. The van der Waals surface area contributed by atoms with E-state index in [2.05, 4.69) is 4.98 Å². The van der Waals surface area contributed by atoms with Gasteiger partial charge in [-0.1, -0.05) is 24.3 Å². The van der Waals surface area contributed by atoms with Crippen LogP contribution in [0.5, 0.6) is 0 Å². The van der Waals surface area contributed by atoms with Crippen molar-refractivity contribution in [3.63, 3.8) is 0 Å². The van der Waals surface area contributed by atoms with E-state index in [9.17, 15) is 29.8 Å². The number of aromatic nitrogens is 2. The molecule has 0 saturated heterocycles. The standard InChI is InChI=1S/C10H8O9S3.C5H8N2/c11-20(12,13)8-5-6-3-1-2-4-7(6)9(21(14,15)16)10(8)22(17,18)19;1-5-6-3-4-7(5)2/h1-5H,(H,11,12,13)(H,14,15,16)(H,17,18,19);3-4H,1-2H3. The molecule has 0 aliphatic rings. The molecule has 158 valence electrons. The van der Waals surface area contributed by atoms with Crippen LogP contribution >= 0.6 is 0 Å². The lowest BCUT2D eigenvalue weighted by molar-refractivity contribution is 0.457. The fourth-order valence-electron chi connectivity index (χ4n) is 2.40. The first-order valence-corrected chi connectivity index (χ1v) is 11.9. The normalized spacial score (nSPS) is 12.4. The van der Waals surface area contributed by atoms with Crippen molar-refractivity contribution in [3.8, 4) is 0 Å². The first-order chi connectivity index (χ1) is 13.1.